The van der Waals surface area contributed by atoms with E-state index < -0.39 is 0 Å². The predicted octanol–water partition coefficient (Wildman–Crippen LogP) is 6.32. The summed E-state index contributed by atoms with van der Waals surface area (Å²) in [5.74, 6) is 1.66. The quantitative estimate of drug-likeness (QED) is 0.613. The van der Waals surface area contributed by atoms with E-state index in [1.165, 1.54) is 11.1 Å². The van der Waals surface area contributed by atoms with Gasteiger partial charge in [-0.15, -0.1) is 0 Å². The molecule has 3 aliphatic rings. The molecule has 2 aromatic rings. The fourth-order valence-corrected chi connectivity index (χ4v) is 5.70. The van der Waals surface area contributed by atoms with Gasteiger partial charge in [0.05, 0.1) is 0 Å². The van der Waals surface area contributed by atoms with Crippen molar-refractivity contribution < 1.29 is 10.2 Å². The minimum absolute atomic E-state index is 0.0892. The number of rotatable bonds is 4. The van der Waals surface area contributed by atoms with Gasteiger partial charge in [-0.25, -0.2) is 0 Å². The number of allylic oxidation sites excluding steroid dienone is 2. The Kier molecular flexibility index (Phi) is 4.37. The topological polar surface area (TPSA) is 40.5 Å². The van der Waals surface area contributed by atoms with E-state index in [9.17, 15) is 10.2 Å². The Morgan fingerprint density at radius 1 is 1.04 bits per heavy atom. The standard InChI is InChI=1S/C26H32O2/c1-16-11-19(21-14-20(16)26(21,4)5)24-22(27)12-18(13-23(24)28)25(2,3)15-17-9-7-6-8-10-17/h6-13,19-21,27-28H,14-15H2,1-5H3/t19-,20+,21-/m0/s1. The van der Waals surface area contributed by atoms with Crippen LogP contribution in [-0.2, 0) is 11.8 Å². The van der Waals surface area contributed by atoms with Crippen LogP contribution >= 0.6 is 0 Å². The summed E-state index contributed by atoms with van der Waals surface area (Å²) < 4.78 is 0. The second-order valence-electron chi connectivity index (χ2n) is 10.1. The van der Waals surface area contributed by atoms with E-state index in [2.05, 4.69) is 65.0 Å². The van der Waals surface area contributed by atoms with Gasteiger partial charge in [-0.3, -0.25) is 0 Å². The zero-order chi connectivity index (χ0) is 20.3. The first kappa shape index (κ1) is 19.1. The van der Waals surface area contributed by atoms with E-state index in [1.807, 2.05) is 18.2 Å². The highest BCUT2D eigenvalue weighted by Gasteiger charge is 2.55. The number of hydrogen-bond acceptors (Lipinski definition) is 2. The summed E-state index contributed by atoms with van der Waals surface area (Å²) in [6, 6.07) is 14.1. The summed E-state index contributed by atoms with van der Waals surface area (Å²) in [6.07, 6.45) is 4.28. The molecule has 0 radical (unpaired) electrons. The van der Waals surface area contributed by atoms with Crippen molar-refractivity contribution >= 4 is 0 Å². The number of phenolic OH excluding ortho intramolecular Hbond substituents is 2. The fourth-order valence-electron chi connectivity index (χ4n) is 5.70. The van der Waals surface area contributed by atoms with E-state index in [-0.39, 0.29) is 28.2 Å². The molecule has 2 aromatic carbocycles. The lowest BCUT2D eigenvalue weighted by Gasteiger charge is -2.59. The third-order valence-corrected chi connectivity index (χ3v) is 7.51. The normalized spacial score (nSPS) is 25.8. The van der Waals surface area contributed by atoms with Crippen molar-refractivity contribution in [1.82, 2.24) is 0 Å². The zero-order valence-corrected chi connectivity index (χ0v) is 17.7. The highest BCUT2D eigenvalue weighted by Crippen LogP contribution is 2.64. The molecule has 28 heavy (non-hydrogen) atoms. The van der Waals surface area contributed by atoms with Crippen molar-refractivity contribution in [3.05, 3.63) is 70.8 Å². The Morgan fingerprint density at radius 3 is 2.18 bits per heavy atom. The molecule has 0 amide bonds. The largest absolute Gasteiger partial charge is 0.507 e. The molecule has 0 spiro atoms. The lowest BCUT2D eigenvalue weighted by molar-refractivity contribution is -0.0198. The second-order valence-corrected chi connectivity index (χ2v) is 10.1. The molecule has 3 atom stereocenters. The maximum atomic E-state index is 11.0. The molecule has 1 saturated carbocycles. The van der Waals surface area contributed by atoms with Crippen molar-refractivity contribution in [3.63, 3.8) is 0 Å². The van der Waals surface area contributed by atoms with Gasteiger partial charge >= 0.3 is 0 Å². The molecule has 2 heteroatoms. The monoisotopic (exact) mass is 376 g/mol. The van der Waals surface area contributed by atoms with Crippen LogP contribution in [0.3, 0.4) is 0 Å². The minimum atomic E-state index is -0.187. The molecular weight excluding hydrogens is 344 g/mol. The van der Waals surface area contributed by atoms with Crippen LogP contribution in [0.25, 0.3) is 0 Å². The maximum Gasteiger partial charge on any atom is 0.123 e. The molecule has 1 fully saturated rings. The van der Waals surface area contributed by atoms with Crippen LogP contribution in [0.1, 0.15) is 63.6 Å². The Morgan fingerprint density at radius 2 is 1.64 bits per heavy atom. The third-order valence-electron chi connectivity index (χ3n) is 7.51. The van der Waals surface area contributed by atoms with Gasteiger partial charge in [0.25, 0.3) is 0 Å². The number of aromatic hydroxyl groups is 2. The van der Waals surface area contributed by atoms with Crippen molar-refractivity contribution in [3.8, 4) is 11.5 Å². The van der Waals surface area contributed by atoms with Gasteiger partial charge in [0.2, 0.25) is 0 Å². The number of hydrogen-bond donors (Lipinski definition) is 2. The fraction of sp³-hybridized carbons (Fsp3) is 0.462. The molecular formula is C26H32O2. The van der Waals surface area contributed by atoms with E-state index in [0.29, 0.717) is 17.4 Å². The first-order chi connectivity index (χ1) is 13.1. The molecule has 3 aliphatic carbocycles. The molecule has 0 heterocycles. The van der Waals surface area contributed by atoms with Gasteiger partial charge in [0.15, 0.2) is 0 Å². The molecule has 0 aliphatic heterocycles. The zero-order valence-electron chi connectivity index (χ0n) is 17.7. The molecule has 148 valence electrons. The molecule has 2 nitrogen and oxygen atoms in total. The SMILES string of the molecule is CC1=C[C@H](c2c(O)cc(C(C)(C)Cc3ccccc3)cc2O)[C@@H]2C[C@H]1C2(C)C. The molecule has 2 bridgehead atoms. The second kappa shape index (κ2) is 6.40. The summed E-state index contributed by atoms with van der Waals surface area (Å²) in [6.45, 7) is 11.2. The average Bonchev–Trinajstić information content (AvgIpc) is 2.60. The van der Waals surface area contributed by atoms with Gasteiger partial charge in [0.1, 0.15) is 11.5 Å². The van der Waals surface area contributed by atoms with Crippen molar-refractivity contribution in [2.75, 3.05) is 0 Å². The predicted molar refractivity (Wildman–Crippen MR) is 115 cm³/mol. The van der Waals surface area contributed by atoms with Gasteiger partial charge in [0, 0.05) is 11.5 Å². The van der Waals surface area contributed by atoms with Crippen molar-refractivity contribution in [2.24, 2.45) is 17.3 Å². The van der Waals surface area contributed by atoms with Gasteiger partial charge in [-0.05, 0) is 65.7 Å². The lowest BCUT2D eigenvalue weighted by atomic mass is 9.45. The first-order valence-electron chi connectivity index (χ1n) is 10.4. The van der Waals surface area contributed by atoms with Crippen LogP contribution in [0.15, 0.2) is 54.1 Å². The average molecular weight is 377 g/mol. The van der Waals surface area contributed by atoms with E-state index >= 15 is 0 Å². The maximum absolute atomic E-state index is 11.0. The van der Waals surface area contributed by atoms with Crippen LogP contribution in [-0.4, -0.2) is 10.2 Å². The van der Waals surface area contributed by atoms with Crippen LogP contribution in [0.2, 0.25) is 0 Å². The highest BCUT2D eigenvalue weighted by atomic mass is 16.3. The van der Waals surface area contributed by atoms with Crippen LogP contribution in [0.5, 0.6) is 11.5 Å². The molecule has 2 N–H and O–H groups in total. The van der Waals surface area contributed by atoms with E-state index in [4.69, 9.17) is 0 Å². The summed E-state index contributed by atoms with van der Waals surface area (Å²) in [5.41, 5.74) is 4.36. The van der Waals surface area contributed by atoms with Gasteiger partial charge in [-0.1, -0.05) is 69.7 Å². The summed E-state index contributed by atoms with van der Waals surface area (Å²) in [5, 5.41) is 21.9. The van der Waals surface area contributed by atoms with Crippen LogP contribution in [0, 0.1) is 17.3 Å². The third kappa shape index (κ3) is 2.94. The lowest BCUT2D eigenvalue weighted by Crippen LogP contribution is -2.50. The van der Waals surface area contributed by atoms with Crippen molar-refractivity contribution in [1.29, 1.82) is 0 Å². The Bertz CT molecular complexity index is 898. The smallest absolute Gasteiger partial charge is 0.123 e. The minimum Gasteiger partial charge on any atom is -0.507 e. The van der Waals surface area contributed by atoms with Crippen molar-refractivity contribution in [2.45, 2.75) is 58.8 Å². The van der Waals surface area contributed by atoms with Crippen LogP contribution < -0.4 is 0 Å². The number of phenols is 2. The van der Waals surface area contributed by atoms with E-state index in [1.54, 1.807) is 0 Å². The van der Waals surface area contributed by atoms with E-state index in [0.717, 1.165) is 18.4 Å². The Balaban J connectivity index is 1.69. The molecule has 0 unspecified atom stereocenters. The van der Waals surface area contributed by atoms with Gasteiger partial charge < -0.3 is 10.2 Å². The Labute approximate surface area is 168 Å². The highest BCUT2D eigenvalue weighted by molar-refractivity contribution is 5.54. The van der Waals surface area contributed by atoms with Gasteiger partial charge in [-0.2, -0.15) is 0 Å². The summed E-state index contributed by atoms with van der Waals surface area (Å²) >= 11 is 0. The molecule has 5 rings (SSSR count). The summed E-state index contributed by atoms with van der Waals surface area (Å²) in [4.78, 5) is 0. The molecule has 0 saturated heterocycles. The Hall–Kier alpha value is -2.22. The molecule has 0 aromatic heterocycles. The van der Waals surface area contributed by atoms with Crippen LogP contribution in [0.4, 0.5) is 0 Å². The number of fused-ring (bicyclic) bond motifs is 1. The number of benzene rings is 2. The summed E-state index contributed by atoms with van der Waals surface area (Å²) in [7, 11) is 0. The first-order valence-corrected chi connectivity index (χ1v) is 10.4.